The SMILES string of the molecule is [Ca+2].[Cu].[Fe].[H-].[H-].[H-].[K+].[SeH2]. The normalized spacial score (nSPS) is 0. The fraction of sp³-hybridized carbons (Fsp3) is 0. The first kappa shape index (κ1) is 34.1. The molecule has 0 aromatic carbocycles. The summed E-state index contributed by atoms with van der Waals surface area (Å²) >= 11 is 0. The summed E-state index contributed by atoms with van der Waals surface area (Å²) in [4.78, 5) is 0. The molecular formula is H5CaCuFeKSe. The summed E-state index contributed by atoms with van der Waals surface area (Å²) in [6, 6.07) is 0. The Labute approximate surface area is 141 Å². The first-order valence-corrected chi connectivity index (χ1v) is 0. The zero-order valence-corrected chi connectivity index (χ0v) is 12.3. The topological polar surface area (TPSA) is 0 Å². The molecule has 0 spiro atoms. The van der Waals surface area contributed by atoms with Crippen LogP contribution in [-0.4, -0.2) is 54.8 Å². The minimum atomic E-state index is 0. The molecule has 0 aliphatic carbocycles. The van der Waals surface area contributed by atoms with Crippen LogP contribution in [0, 0.1) is 0 Å². The maximum atomic E-state index is 0. The van der Waals surface area contributed by atoms with E-state index in [-0.39, 0.29) is 145 Å². The number of hydrogen-bond acceptors (Lipinski definition) is 0. The van der Waals surface area contributed by atoms with Crippen molar-refractivity contribution in [1.82, 2.24) is 0 Å². The number of rotatable bonds is 0. The molecule has 0 saturated carbocycles. The maximum absolute atomic E-state index is 0. The molecule has 33 valence electrons. The van der Waals surface area contributed by atoms with Gasteiger partial charge in [-0.3, -0.25) is 0 Å². The summed E-state index contributed by atoms with van der Waals surface area (Å²) in [6.45, 7) is 0. The van der Waals surface area contributed by atoms with Crippen molar-refractivity contribution in [3.05, 3.63) is 0 Å². The van der Waals surface area contributed by atoms with E-state index in [0.29, 0.717) is 0 Å². The Bertz CT molecular complexity index is 19.2. The van der Waals surface area contributed by atoms with Gasteiger partial charge in [-0.25, -0.2) is 0 Å². The van der Waals surface area contributed by atoms with Crippen molar-refractivity contribution >= 4 is 54.8 Å². The fourth-order valence-corrected chi connectivity index (χ4v) is 0. The van der Waals surface area contributed by atoms with Gasteiger partial charge in [-0.2, -0.15) is 0 Å². The van der Waals surface area contributed by atoms with Crippen LogP contribution in [0.5, 0.6) is 0 Å². The van der Waals surface area contributed by atoms with E-state index in [1.165, 1.54) is 0 Å². The molecule has 0 amide bonds. The van der Waals surface area contributed by atoms with Crippen LogP contribution in [0.1, 0.15) is 4.28 Å². The summed E-state index contributed by atoms with van der Waals surface area (Å²) in [5.74, 6) is 0. The molecule has 5 heteroatoms. The summed E-state index contributed by atoms with van der Waals surface area (Å²) in [6.07, 6.45) is 0. The molecule has 0 nitrogen and oxygen atoms in total. The van der Waals surface area contributed by atoms with Crippen LogP contribution in [0.3, 0.4) is 0 Å². The minimum absolute atomic E-state index is 0. The van der Waals surface area contributed by atoms with Crippen molar-refractivity contribution in [2.75, 3.05) is 0 Å². The van der Waals surface area contributed by atoms with Crippen LogP contribution in [0.4, 0.5) is 0 Å². The fourth-order valence-electron chi connectivity index (χ4n) is 0. The molecule has 0 atom stereocenters. The zero-order valence-electron chi connectivity index (χ0n) is 5.86. The summed E-state index contributed by atoms with van der Waals surface area (Å²) in [7, 11) is 0. The molecule has 5 heavy (non-hydrogen) atoms. The first-order chi connectivity index (χ1) is 0. The van der Waals surface area contributed by atoms with Crippen molar-refractivity contribution < 1.29 is 89.8 Å². The molecule has 0 bridgehead atoms. The van der Waals surface area contributed by atoms with E-state index in [1.807, 2.05) is 0 Å². The number of hydrogen-bond donors (Lipinski definition) is 0. The van der Waals surface area contributed by atoms with Crippen LogP contribution in [0.25, 0.3) is 0 Å². The molecule has 0 heterocycles. The van der Waals surface area contributed by atoms with Gasteiger partial charge in [0.05, 0.1) is 0 Å². The van der Waals surface area contributed by atoms with E-state index in [9.17, 15) is 0 Å². The van der Waals surface area contributed by atoms with E-state index >= 15 is 0 Å². The molecule has 0 N–H and O–H groups in total. The zero-order chi connectivity index (χ0) is 0. The van der Waals surface area contributed by atoms with Gasteiger partial charge in [0.2, 0.25) is 0 Å². The van der Waals surface area contributed by atoms with Crippen LogP contribution in [-0.2, 0) is 34.1 Å². The van der Waals surface area contributed by atoms with Gasteiger partial charge in [-0.15, -0.1) is 0 Å². The van der Waals surface area contributed by atoms with Crippen molar-refractivity contribution in [1.29, 1.82) is 0 Å². The van der Waals surface area contributed by atoms with E-state index < -0.39 is 0 Å². The Kier molecular flexibility index (Phi) is 161. The van der Waals surface area contributed by atoms with Crippen LogP contribution in [0.2, 0.25) is 0 Å². The molecule has 0 saturated heterocycles. The van der Waals surface area contributed by atoms with E-state index in [2.05, 4.69) is 0 Å². The second kappa shape index (κ2) is 23.7. The predicted molar refractivity (Wildman–Crippen MR) is 17.6 cm³/mol. The van der Waals surface area contributed by atoms with Crippen molar-refractivity contribution in [2.24, 2.45) is 0 Å². The average Bonchev–Trinajstić information content (AvgIpc) is 0. The Morgan fingerprint density at radius 1 is 1.20 bits per heavy atom. The van der Waals surface area contributed by atoms with E-state index in [1.54, 1.807) is 0 Å². The molecule has 0 unspecified atom stereocenters. The second-order valence-corrected chi connectivity index (χ2v) is 0. The third kappa shape index (κ3) is 17.8. The quantitative estimate of drug-likeness (QED) is 0.398. The van der Waals surface area contributed by atoms with Gasteiger partial charge in [-0.1, -0.05) is 0 Å². The van der Waals surface area contributed by atoms with Crippen LogP contribution in [0.15, 0.2) is 0 Å². The van der Waals surface area contributed by atoms with Gasteiger partial charge >= 0.3 is 106 Å². The van der Waals surface area contributed by atoms with Crippen molar-refractivity contribution in [3.8, 4) is 0 Å². The monoisotopic (exact) mass is 283 g/mol. The van der Waals surface area contributed by atoms with E-state index in [4.69, 9.17) is 0 Å². The molecule has 0 aromatic heterocycles. The Hall–Kier alpha value is 4.45. The van der Waals surface area contributed by atoms with Crippen LogP contribution >= 0.6 is 0 Å². The summed E-state index contributed by atoms with van der Waals surface area (Å²) in [5.41, 5.74) is 0. The Balaban J connectivity index is 0. The van der Waals surface area contributed by atoms with Crippen LogP contribution < -0.4 is 51.4 Å². The van der Waals surface area contributed by atoms with Gasteiger partial charge in [0.15, 0.2) is 0 Å². The first-order valence-electron chi connectivity index (χ1n) is 0. The molecule has 0 fully saturated rings. The van der Waals surface area contributed by atoms with Crippen molar-refractivity contribution in [2.45, 2.75) is 0 Å². The van der Waals surface area contributed by atoms with Gasteiger partial charge in [-0.05, 0) is 0 Å². The Morgan fingerprint density at radius 2 is 1.20 bits per heavy atom. The third-order valence-corrected chi connectivity index (χ3v) is 0. The van der Waals surface area contributed by atoms with Crippen molar-refractivity contribution in [3.63, 3.8) is 0 Å². The standard InChI is InChI=1S/Ca.Cu.Fe.K.H2Se.3H/h;;;;1H2;;;/q+2;;;+1;;3*-1. The third-order valence-electron chi connectivity index (χ3n) is 0. The average molecular weight is 283 g/mol. The van der Waals surface area contributed by atoms with Gasteiger partial charge in [0.1, 0.15) is 0 Å². The Morgan fingerprint density at radius 3 is 1.20 bits per heavy atom. The molecule has 0 aromatic rings. The van der Waals surface area contributed by atoms with Gasteiger partial charge < -0.3 is 4.28 Å². The molecule has 0 aliphatic rings. The molecule has 1 radical (unpaired) electrons. The van der Waals surface area contributed by atoms with E-state index in [0.717, 1.165) is 0 Å². The molecule has 0 rings (SSSR count). The summed E-state index contributed by atoms with van der Waals surface area (Å²) < 4.78 is 0. The molecular weight excluding hydrogens is 278 g/mol. The van der Waals surface area contributed by atoms with Gasteiger partial charge in [0.25, 0.3) is 0 Å². The predicted octanol–water partition coefficient (Wildman–Crippen LogP) is -3.96. The summed E-state index contributed by atoms with van der Waals surface area (Å²) in [5, 5.41) is 0. The van der Waals surface area contributed by atoms with Gasteiger partial charge in [0, 0.05) is 34.1 Å². The second-order valence-electron chi connectivity index (χ2n) is 0. The molecule has 0 aliphatic heterocycles.